The van der Waals surface area contributed by atoms with Crippen LogP contribution in [0.4, 0.5) is 0 Å². The van der Waals surface area contributed by atoms with E-state index in [0.717, 1.165) is 43.7 Å². The normalized spacial score (nSPS) is 18.8. The minimum Gasteiger partial charge on any atom is -0.487 e. The van der Waals surface area contributed by atoms with E-state index in [1.165, 1.54) is 0 Å². The molecular weight excluding hydrogens is 464 g/mol. The molecule has 3 heterocycles. The third-order valence-corrected chi connectivity index (χ3v) is 7.73. The minimum atomic E-state index is -0.259. The Balaban J connectivity index is 1.26. The van der Waals surface area contributed by atoms with E-state index in [1.54, 1.807) is 34.9 Å². The summed E-state index contributed by atoms with van der Waals surface area (Å²) in [6, 6.07) is 22.3. The molecule has 4 aromatic rings. The van der Waals surface area contributed by atoms with Crippen molar-refractivity contribution in [1.82, 2.24) is 19.8 Å². The fourth-order valence-corrected chi connectivity index (χ4v) is 5.63. The lowest BCUT2D eigenvalue weighted by Gasteiger charge is -2.46. The lowest BCUT2D eigenvalue weighted by Crippen LogP contribution is -2.51. The van der Waals surface area contributed by atoms with Gasteiger partial charge in [-0.2, -0.15) is 0 Å². The largest absolute Gasteiger partial charge is 0.487 e. The smallest absolute Gasteiger partial charge is 0.265 e. The highest BCUT2D eigenvalue weighted by molar-refractivity contribution is 5.94. The maximum Gasteiger partial charge on any atom is 0.265 e. The molecule has 1 spiro atoms. The molecule has 1 saturated heterocycles. The molecule has 0 unspecified atom stereocenters. The van der Waals surface area contributed by atoms with Gasteiger partial charge >= 0.3 is 0 Å². The molecule has 6 rings (SSSR count). The first-order valence-corrected chi connectivity index (χ1v) is 12.8. The highest BCUT2D eigenvalue weighted by atomic mass is 16.5. The molecule has 2 aliphatic rings. The zero-order valence-electron chi connectivity index (χ0n) is 21.1. The van der Waals surface area contributed by atoms with E-state index in [2.05, 4.69) is 22.2 Å². The number of fused-ring (bicyclic) bond motifs is 2. The van der Waals surface area contributed by atoms with Crippen molar-refractivity contribution in [3.8, 4) is 11.4 Å². The number of aryl methyl sites for hydroxylation is 1. The van der Waals surface area contributed by atoms with Crippen LogP contribution in [0.15, 0.2) is 77.6 Å². The monoisotopic (exact) mass is 494 g/mol. The average Bonchev–Trinajstić information content (AvgIpc) is 2.91. The predicted octanol–water partition coefficient (Wildman–Crippen LogP) is 4.41. The number of rotatable bonds is 3. The zero-order chi connectivity index (χ0) is 25.6. The van der Waals surface area contributed by atoms with E-state index >= 15 is 0 Å². The number of nitrogens with zero attached hydrogens (tertiary/aromatic N) is 3. The number of piperidine rings is 1. The Morgan fingerprint density at radius 2 is 1.70 bits per heavy atom. The Labute approximate surface area is 215 Å². The van der Waals surface area contributed by atoms with Crippen LogP contribution in [0.5, 0.6) is 5.75 Å². The second kappa shape index (κ2) is 9.16. The number of ether oxygens (including phenoxy) is 1. The molecule has 7 nitrogen and oxygen atoms in total. The van der Waals surface area contributed by atoms with Gasteiger partial charge < -0.3 is 15.0 Å². The van der Waals surface area contributed by atoms with Crippen molar-refractivity contribution in [2.24, 2.45) is 0 Å². The summed E-state index contributed by atoms with van der Waals surface area (Å²) in [6.45, 7) is 3.77. The molecule has 1 N–H and O–H groups in total. The van der Waals surface area contributed by atoms with Crippen molar-refractivity contribution < 1.29 is 9.53 Å². The van der Waals surface area contributed by atoms with E-state index in [4.69, 9.17) is 4.74 Å². The number of hydrogen-bond acceptors (Lipinski definition) is 5. The average molecular weight is 495 g/mol. The Morgan fingerprint density at radius 3 is 2.49 bits per heavy atom. The maximum atomic E-state index is 13.4. The van der Waals surface area contributed by atoms with E-state index in [9.17, 15) is 9.59 Å². The number of benzene rings is 3. The highest BCUT2D eigenvalue weighted by Crippen LogP contribution is 2.44. The van der Waals surface area contributed by atoms with E-state index in [-0.39, 0.29) is 23.1 Å². The summed E-state index contributed by atoms with van der Waals surface area (Å²) in [5, 5.41) is 3.83. The summed E-state index contributed by atoms with van der Waals surface area (Å²) in [5.41, 5.74) is 2.54. The molecule has 37 heavy (non-hydrogen) atoms. The zero-order valence-corrected chi connectivity index (χ0v) is 21.1. The van der Waals surface area contributed by atoms with Gasteiger partial charge in [0.05, 0.1) is 22.6 Å². The van der Waals surface area contributed by atoms with Gasteiger partial charge in [-0.25, -0.2) is 4.98 Å². The van der Waals surface area contributed by atoms with Crippen LogP contribution >= 0.6 is 0 Å². The maximum absolute atomic E-state index is 13.4. The molecule has 1 atom stereocenters. The standard InChI is InChI=1S/C30H30N4O3/c1-20-31-25-9-5-3-8-24(25)29(36)34(20)22-13-11-21(12-14-22)28(35)32-26-19-30(15-17-33(2)18-16-30)37-27-10-6-4-7-23(26)27/h3-14,26H,15-19H2,1-2H3,(H,32,35)/t26-/m0/s1. The summed E-state index contributed by atoms with van der Waals surface area (Å²) in [4.78, 5) is 33.4. The first-order valence-electron chi connectivity index (χ1n) is 12.8. The Morgan fingerprint density at radius 1 is 1.00 bits per heavy atom. The number of carbonyl (C=O) groups is 1. The molecule has 2 aliphatic heterocycles. The van der Waals surface area contributed by atoms with Crippen LogP contribution < -0.4 is 15.6 Å². The van der Waals surface area contributed by atoms with Crippen molar-refractivity contribution >= 4 is 16.8 Å². The Bertz CT molecular complexity index is 1540. The van der Waals surface area contributed by atoms with E-state index in [1.807, 2.05) is 49.4 Å². The lowest BCUT2D eigenvalue weighted by molar-refractivity contribution is -0.0195. The van der Waals surface area contributed by atoms with Gasteiger partial charge in [-0.05, 0) is 69.3 Å². The van der Waals surface area contributed by atoms with Crippen LogP contribution in [0.3, 0.4) is 0 Å². The molecule has 7 heteroatoms. The van der Waals surface area contributed by atoms with Crippen molar-refractivity contribution in [3.63, 3.8) is 0 Å². The molecule has 1 fully saturated rings. The lowest BCUT2D eigenvalue weighted by atomic mass is 9.80. The first kappa shape index (κ1) is 23.4. The summed E-state index contributed by atoms with van der Waals surface area (Å²) < 4.78 is 8.11. The number of hydrogen-bond donors (Lipinski definition) is 1. The molecular formula is C30H30N4O3. The van der Waals surface area contributed by atoms with Crippen LogP contribution in [0.1, 0.15) is 47.1 Å². The van der Waals surface area contributed by atoms with Gasteiger partial charge in [0.15, 0.2) is 0 Å². The molecule has 1 aromatic heterocycles. The van der Waals surface area contributed by atoms with Crippen LogP contribution in [-0.2, 0) is 0 Å². The van der Waals surface area contributed by atoms with Gasteiger partial charge in [-0.3, -0.25) is 14.2 Å². The second-order valence-electron chi connectivity index (χ2n) is 10.2. The van der Waals surface area contributed by atoms with Gasteiger partial charge in [0.25, 0.3) is 11.5 Å². The summed E-state index contributed by atoms with van der Waals surface area (Å²) in [6.07, 6.45) is 2.62. The fourth-order valence-electron chi connectivity index (χ4n) is 5.63. The number of para-hydroxylation sites is 2. The molecule has 0 bridgehead atoms. The number of likely N-dealkylation sites (tertiary alicyclic amines) is 1. The van der Waals surface area contributed by atoms with Crippen LogP contribution in [0.2, 0.25) is 0 Å². The van der Waals surface area contributed by atoms with E-state index in [0.29, 0.717) is 28.0 Å². The summed E-state index contributed by atoms with van der Waals surface area (Å²) in [7, 11) is 2.14. The van der Waals surface area contributed by atoms with Gasteiger partial charge in [0.2, 0.25) is 0 Å². The van der Waals surface area contributed by atoms with Crippen molar-refractivity contribution in [2.75, 3.05) is 20.1 Å². The Kier molecular flexibility index (Phi) is 5.80. The first-order chi connectivity index (χ1) is 17.9. The third-order valence-electron chi connectivity index (χ3n) is 7.73. The molecule has 0 radical (unpaired) electrons. The summed E-state index contributed by atoms with van der Waals surface area (Å²) in [5.74, 6) is 1.32. The number of amides is 1. The van der Waals surface area contributed by atoms with Gasteiger partial charge in [0.1, 0.15) is 17.2 Å². The van der Waals surface area contributed by atoms with E-state index < -0.39 is 0 Å². The predicted molar refractivity (Wildman–Crippen MR) is 143 cm³/mol. The minimum absolute atomic E-state index is 0.123. The molecule has 0 saturated carbocycles. The summed E-state index contributed by atoms with van der Waals surface area (Å²) >= 11 is 0. The van der Waals surface area contributed by atoms with Gasteiger partial charge in [0, 0.05) is 30.6 Å². The van der Waals surface area contributed by atoms with Crippen molar-refractivity contribution in [2.45, 2.75) is 37.8 Å². The number of nitrogens with one attached hydrogen (secondary N) is 1. The van der Waals surface area contributed by atoms with Crippen LogP contribution in [-0.4, -0.2) is 46.1 Å². The SMILES string of the molecule is Cc1nc2ccccc2c(=O)n1-c1ccc(C(=O)N[C@H]2CC3(CCN(C)CC3)Oc3ccccc32)cc1. The van der Waals surface area contributed by atoms with Crippen molar-refractivity contribution in [3.05, 3.63) is 100 Å². The third kappa shape index (κ3) is 4.29. The molecule has 3 aromatic carbocycles. The van der Waals surface area contributed by atoms with Gasteiger partial charge in [-0.15, -0.1) is 0 Å². The van der Waals surface area contributed by atoms with Crippen molar-refractivity contribution in [1.29, 1.82) is 0 Å². The Hall–Kier alpha value is -3.97. The molecule has 188 valence electrons. The van der Waals surface area contributed by atoms with Gasteiger partial charge in [-0.1, -0.05) is 30.3 Å². The number of aromatic nitrogens is 2. The highest BCUT2D eigenvalue weighted by Gasteiger charge is 2.43. The van der Waals surface area contributed by atoms with Crippen LogP contribution in [0, 0.1) is 6.92 Å². The second-order valence-corrected chi connectivity index (χ2v) is 10.2. The molecule has 1 amide bonds. The quantitative estimate of drug-likeness (QED) is 0.457. The molecule has 0 aliphatic carbocycles. The number of carbonyl (C=O) groups excluding carboxylic acids is 1. The fraction of sp³-hybridized carbons (Fsp3) is 0.300. The van der Waals surface area contributed by atoms with Crippen LogP contribution in [0.25, 0.3) is 16.6 Å². The topological polar surface area (TPSA) is 76.5 Å².